The molecule has 0 radical (unpaired) electrons. The topological polar surface area (TPSA) is 35.6 Å². The van der Waals surface area contributed by atoms with Crippen LogP contribution in [0.4, 0.5) is 0 Å². The maximum Gasteiger partial charge on any atom is 0.239 e. The van der Waals surface area contributed by atoms with Crippen molar-refractivity contribution < 1.29 is 4.79 Å². The van der Waals surface area contributed by atoms with E-state index in [1.807, 2.05) is 0 Å². The number of hydrogen-bond donors (Lipinski definition) is 1. The SMILES string of the molecule is Cl.Cl.O=C([C@H]1CCCCN1)N1CCC(CN2CCCCC2)C1. The predicted molar refractivity (Wildman–Crippen MR) is 95.1 cm³/mol. The second-order valence-corrected chi connectivity index (χ2v) is 6.80. The van der Waals surface area contributed by atoms with Gasteiger partial charge in [0.1, 0.15) is 0 Å². The van der Waals surface area contributed by atoms with E-state index in [2.05, 4.69) is 15.1 Å². The number of rotatable bonds is 3. The van der Waals surface area contributed by atoms with Crippen LogP contribution in [0.5, 0.6) is 0 Å². The number of halogens is 2. The lowest BCUT2D eigenvalue weighted by atomic mass is 10.0. The van der Waals surface area contributed by atoms with Crippen LogP contribution in [-0.2, 0) is 4.79 Å². The molecule has 0 bridgehead atoms. The van der Waals surface area contributed by atoms with E-state index in [0.29, 0.717) is 11.8 Å². The highest BCUT2D eigenvalue weighted by Gasteiger charge is 2.32. The number of amides is 1. The summed E-state index contributed by atoms with van der Waals surface area (Å²) in [7, 11) is 0. The molecule has 3 aliphatic heterocycles. The fourth-order valence-electron chi connectivity index (χ4n) is 3.97. The quantitative estimate of drug-likeness (QED) is 0.847. The van der Waals surface area contributed by atoms with E-state index in [1.165, 1.54) is 58.2 Å². The van der Waals surface area contributed by atoms with Crippen molar-refractivity contribution in [2.24, 2.45) is 5.92 Å². The molecular formula is C16H31Cl2N3O. The van der Waals surface area contributed by atoms with Crippen LogP contribution >= 0.6 is 24.8 Å². The van der Waals surface area contributed by atoms with Gasteiger partial charge in [-0.1, -0.05) is 12.8 Å². The van der Waals surface area contributed by atoms with Crippen molar-refractivity contribution in [3.63, 3.8) is 0 Å². The molecule has 3 saturated heterocycles. The van der Waals surface area contributed by atoms with E-state index >= 15 is 0 Å². The molecule has 1 amide bonds. The molecule has 6 heteroatoms. The molecule has 0 aromatic heterocycles. The lowest BCUT2D eigenvalue weighted by Crippen LogP contribution is -2.48. The zero-order valence-electron chi connectivity index (χ0n) is 13.5. The standard InChI is InChI=1S/C16H29N3O.2ClH/c20-16(15-6-2-3-8-17-15)19-11-7-14(13-19)12-18-9-4-1-5-10-18;;/h14-15,17H,1-13H2;2*1H/t14?,15-;;/m1../s1. The lowest BCUT2D eigenvalue weighted by molar-refractivity contribution is -0.133. The van der Waals surface area contributed by atoms with Crippen LogP contribution in [0.25, 0.3) is 0 Å². The molecule has 3 heterocycles. The Morgan fingerprint density at radius 2 is 1.73 bits per heavy atom. The van der Waals surface area contributed by atoms with Crippen molar-refractivity contribution in [3.8, 4) is 0 Å². The lowest BCUT2D eigenvalue weighted by Gasteiger charge is -2.30. The Bertz CT molecular complexity index is 331. The molecule has 1 unspecified atom stereocenters. The average Bonchev–Trinajstić information content (AvgIpc) is 2.97. The number of carbonyl (C=O) groups is 1. The maximum absolute atomic E-state index is 12.5. The molecule has 0 spiro atoms. The van der Waals surface area contributed by atoms with Crippen molar-refractivity contribution in [1.29, 1.82) is 0 Å². The van der Waals surface area contributed by atoms with E-state index in [9.17, 15) is 4.79 Å². The van der Waals surface area contributed by atoms with E-state index in [4.69, 9.17) is 0 Å². The summed E-state index contributed by atoms with van der Waals surface area (Å²) in [6, 6.07) is 0.109. The van der Waals surface area contributed by atoms with Gasteiger partial charge in [0.25, 0.3) is 0 Å². The molecule has 3 rings (SSSR count). The maximum atomic E-state index is 12.5. The summed E-state index contributed by atoms with van der Waals surface area (Å²) in [5, 5.41) is 3.39. The van der Waals surface area contributed by atoms with Crippen molar-refractivity contribution in [2.75, 3.05) is 39.3 Å². The number of likely N-dealkylation sites (tertiary alicyclic amines) is 2. The minimum absolute atomic E-state index is 0. The van der Waals surface area contributed by atoms with Crippen molar-refractivity contribution >= 4 is 30.7 Å². The Balaban J connectivity index is 0.00000121. The summed E-state index contributed by atoms with van der Waals surface area (Å²) < 4.78 is 0. The van der Waals surface area contributed by atoms with Crippen LogP contribution < -0.4 is 5.32 Å². The van der Waals surface area contributed by atoms with Crippen LogP contribution in [0.1, 0.15) is 44.9 Å². The van der Waals surface area contributed by atoms with Crippen LogP contribution in [-0.4, -0.2) is 61.0 Å². The molecule has 0 aromatic rings. The van der Waals surface area contributed by atoms with Crippen molar-refractivity contribution in [3.05, 3.63) is 0 Å². The molecule has 0 aromatic carbocycles. The highest BCUT2D eigenvalue weighted by molar-refractivity contribution is 5.85. The zero-order valence-corrected chi connectivity index (χ0v) is 15.1. The molecule has 130 valence electrons. The van der Waals surface area contributed by atoms with E-state index in [1.54, 1.807) is 0 Å². The van der Waals surface area contributed by atoms with Crippen LogP contribution in [0.2, 0.25) is 0 Å². The predicted octanol–water partition coefficient (Wildman–Crippen LogP) is 2.31. The minimum atomic E-state index is 0. The van der Waals surface area contributed by atoms with Crippen LogP contribution in [0, 0.1) is 5.92 Å². The number of hydrogen-bond acceptors (Lipinski definition) is 3. The molecule has 0 saturated carbocycles. The Morgan fingerprint density at radius 3 is 2.41 bits per heavy atom. The highest BCUT2D eigenvalue weighted by Crippen LogP contribution is 2.21. The van der Waals surface area contributed by atoms with Gasteiger partial charge in [-0.3, -0.25) is 4.79 Å². The van der Waals surface area contributed by atoms with E-state index in [0.717, 1.165) is 26.1 Å². The third kappa shape index (κ3) is 5.26. The van der Waals surface area contributed by atoms with Gasteiger partial charge in [-0.25, -0.2) is 0 Å². The van der Waals surface area contributed by atoms with Gasteiger partial charge in [0.15, 0.2) is 0 Å². The van der Waals surface area contributed by atoms with E-state index in [-0.39, 0.29) is 30.9 Å². The Kier molecular flexibility index (Phi) is 9.07. The zero-order chi connectivity index (χ0) is 13.8. The average molecular weight is 352 g/mol. The highest BCUT2D eigenvalue weighted by atomic mass is 35.5. The van der Waals surface area contributed by atoms with Gasteiger partial charge in [-0.15, -0.1) is 24.8 Å². The first-order valence-corrected chi connectivity index (χ1v) is 8.57. The monoisotopic (exact) mass is 351 g/mol. The Morgan fingerprint density at radius 1 is 0.955 bits per heavy atom. The molecule has 0 aliphatic carbocycles. The van der Waals surface area contributed by atoms with Crippen molar-refractivity contribution in [2.45, 2.75) is 51.0 Å². The number of piperidine rings is 2. The van der Waals surface area contributed by atoms with E-state index < -0.39 is 0 Å². The third-order valence-corrected chi connectivity index (χ3v) is 5.17. The molecule has 3 fully saturated rings. The second-order valence-electron chi connectivity index (χ2n) is 6.80. The summed E-state index contributed by atoms with van der Waals surface area (Å²) >= 11 is 0. The molecule has 2 atom stereocenters. The van der Waals surface area contributed by atoms with Gasteiger partial charge in [0.2, 0.25) is 5.91 Å². The smallest absolute Gasteiger partial charge is 0.239 e. The number of carbonyl (C=O) groups excluding carboxylic acids is 1. The van der Waals surface area contributed by atoms with Gasteiger partial charge in [-0.2, -0.15) is 0 Å². The van der Waals surface area contributed by atoms with Gasteiger partial charge >= 0.3 is 0 Å². The summed E-state index contributed by atoms with van der Waals surface area (Å²) in [5.41, 5.74) is 0. The normalized spacial score (nSPS) is 29.5. The fourth-order valence-corrected chi connectivity index (χ4v) is 3.97. The second kappa shape index (κ2) is 9.96. The van der Waals surface area contributed by atoms with Crippen molar-refractivity contribution in [1.82, 2.24) is 15.1 Å². The van der Waals surface area contributed by atoms with Crippen LogP contribution in [0.15, 0.2) is 0 Å². The van der Waals surface area contributed by atoms with Gasteiger partial charge in [0, 0.05) is 19.6 Å². The van der Waals surface area contributed by atoms with Crippen LogP contribution in [0.3, 0.4) is 0 Å². The summed E-state index contributed by atoms with van der Waals surface area (Å²) in [6.07, 6.45) is 8.79. The third-order valence-electron chi connectivity index (χ3n) is 5.17. The molecule has 3 aliphatic rings. The molecule has 22 heavy (non-hydrogen) atoms. The number of nitrogens with zero attached hydrogens (tertiary/aromatic N) is 2. The number of nitrogens with one attached hydrogen (secondary N) is 1. The largest absolute Gasteiger partial charge is 0.341 e. The van der Waals surface area contributed by atoms with Gasteiger partial charge in [0.05, 0.1) is 6.04 Å². The summed E-state index contributed by atoms with van der Waals surface area (Å²) in [5.74, 6) is 1.08. The van der Waals surface area contributed by atoms with Gasteiger partial charge < -0.3 is 15.1 Å². The fraction of sp³-hybridized carbons (Fsp3) is 0.938. The Labute approximate surface area is 147 Å². The summed E-state index contributed by atoms with van der Waals surface area (Å²) in [6.45, 7) is 6.75. The molecule has 4 nitrogen and oxygen atoms in total. The van der Waals surface area contributed by atoms with Gasteiger partial charge in [-0.05, 0) is 57.7 Å². The first-order chi connectivity index (χ1) is 9.83. The summed E-state index contributed by atoms with van der Waals surface area (Å²) in [4.78, 5) is 17.2. The minimum Gasteiger partial charge on any atom is -0.341 e. The Hall–Kier alpha value is -0.0300. The first kappa shape index (κ1) is 20.0. The first-order valence-electron chi connectivity index (χ1n) is 8.57. The molecule has 1 N–H and O–H groups in total. The molecular weight excluding hydrogens is 321 g/mol.